The van der Waals surface area contributed by atoms with Crippen molar-refractivity contribution in [3.05, 3.63) is 12.2 Å². The van der Waals surface area contributed by atoms with Gasteiger partial charge in [-0.2, -0.15) is 5.01 Å². The third-order valence-corrected chi connectivity index (χ3v) is 4.09. The SMILES string of the molecule is CCOC(=O)/C=C/C(=O)OCC(=O)NN1C(=O)NC2(CCCCC2)C1=O. The number of urea groups is 1. The molecule has 1 aliphatic carbocycles. The lowest BCUT2D eigenvalue weighted by molar-refractivity contribution is -0.147. The Bertz CT molecular complexity index is 638. The molecule has 142 valence electrons. The summed E-state index contributed by atoms with van der Waals surface area (Å²) in [5.41, 5.74) is 1.17. The van der Waals surface area contributed by atoms with E-state index in [1.165, 1.54) is 0 Å². The van der Waals surface area contributed by atoms with E-state index in [0.29, 0.717) is 17.9 Å². The molecule has 1 aliphatic heterocycles. The molecule has 2 N–H and O–H groups in total. The van der Waals surface area contributed by atoms with Gasteiger partial charge in [0.1, 0.15) is 5.54 Å². The molecule has 4 amide bonds. The van der Waals surface area contributed by atoms with E-state index < -0.39 is 41.9 Å². The summed E-state index contributed by atoms with van der Waals surface area (Å²) < 4.78 is 9.22. The fraction of sp³-hybridized carbons (Fsp3) is 0.562. The maximum Gasteiger partial charge on any atom is 0.344 e. The lowest BCUT2D eigenvalue weighted by Crippen LogP contribution is -2.51. The largest absolute Gasteiger partial charge is 0.463 e. The molecule has 2 rings (SSSR count). The molecule has 10 heteroatoms. The molecular weight excluding hydrogens is 346 g/mol. The van der Waals surface area contributed by atoms with Crippen LogP contribution in [0.1, 0.15) is 39.0 Å². The highest BCUT2D eigenvalue weighted by Gasteiger charge is 2.52. The summed E-state index contributed by atoms with van der Waals surface area (Å²) in [5.74, 6) is -3.01. The number of esters is 2. The molecule has 2 aliphatic rings. The van der Waals surface area contributed by atoms with Gasteiger partial charge in [0.2, 0.25) is 0 Å². The average molecular weight is 367 g/mol. The van der Waals surface area contributed by atoms with E-state index in [0.717, 1.165) is 31.4 Å². The minimum absolute atomic E-state index is 0.161. The van der Waals surface area contributed by atoms with E-state index in [1.54, 1.807) is 6.92 Å². The Labute approximate surface area is 149 Å². The molecule has 2 fully saturated rings. The quantitative estimate of drug-likeness (QED) is 0.382. The highest BCUT2D eigenvalue weighted by molar-refractivity contribution is 6.08. The van der Waals surface area contributed by atoms with Crippen LogP contribution >= 0.6 is 0 Å². The number of carbonyl (C=O) groups is 5. The van der Waals surface area contributed by atoms with Crippen LogP contribution in [0.3, 0.4) is 0 Å². The molecule has 0 radical (unpaired) electrons. The molecule has 1 heterocycles. The molecule has 0 aromatic carbocycles. The van der Waals surface area contributed by atoms with Crippen molar-refractivity contribution in [1.82, 2.24) is 15.8 Å². The number of hydrazine groups is 1. The van der Waals surface area contributed by atoms with Crippen LogP contribution in [0.2, 0.25) is 0 Å². The highest BCUT2D eigenvalue weighted by atomic mass is 16.5. The molecule has 0 aromatic heterocycles. The van der Waals surface area contributed by atoms with Crippen LogP contribution in [-0.2, 0) is 28.7 Å². The number of nitrogens with zero attached hydrogens (tertiary/aromatic N) is 1. The summed E-state index contributed by atoms with van der Waals surface area (Å²) in [6, 6.07) is -0.709. The second-order valence-corrected chi connectivity index (χ2v) is 5.94. The Morgan fingerprint density at radius 1 is 1.12 bits per heavy atom. The number of imide groups is 1. The zero-order valence-electron chi connectivity index (χ0n) is 14.4. The smallest absolute Gasteiger partial charge is 0.344 e. The normalized spacial score (nSPS) is 18.7. The van der Waals surface area contributed by atoms with Crippen molar-refractivity contribution in [2.24, 2.45) is 0 Å². The second-order valence-electron chi connectivity index (χ2n) is 5.94. The second kappa shape index (κ2) is 8.45. The summed E-state index contributed by atoms with van der Waals surface area (Å²) in [6.45, 7) is 1.06. The van der Waals surface area contributed by atoms with Crippen molar-refractivity contribution >= 4 is 29.8 Å². The molecular formula is C16H21N3O7. The van der Waals surface area contributed by atoms with Gasteiger partial charge in [-0.1, -0.05) is 19.3 Å². The van der Waals surface area contributed by atoms with Crippen LogP contribution in [0.25, 0.3) is 0 Å². The van der Waals surface area contributed by atoms with Gasteiger partial charge in [0.05, 0.1) is 6.61 Å². The summed E-state index contributed by atoms with van der Waals surface area (Å²) in [6.07, 6.45) is 5.36. The Morgan fingerprint density at radius 3 is 2.35 bits per heavy atom. The molecule has 0 atom stereocenters. The third-order valence-electron chi connectivity index (χ3n) is 4.09. The van der Waals surface area contributed by atoms with Crippen molar-refractivity contribution in [1.29, 1.82) is 0 Å². The lowest BCUT2D eigenvalue weighted by atomic mass is 9.82. The van der Waals surface area contributed by atoms with Crippen LogP contribution in [0, 0.1) is 0 Å². The summed E-state index contributed by atoms with van der Waals surface area (Å²) in [4.78, 5) is 58.7. The standard InChI is InChI=1S/C16H21N3O7/c1-2-25-12(21)6-7-13(22)26-10-11(20)18-19-14(23)16(17-15(19)24)8-4-3-5-9-16/h6-7H,2-5,8-10H2,1H3,(H,17,24)(H,18,20)/b7-6+. The summed E-state index contributed by atoms with van der Waals surface area (Å²) in [7, 11) is 0. The van der Waals surface area contributed by atoms with E-state index in [1.807, 2.05) is 0 Å². The van der Waals surface area contributed by atoms with Gasteiger partial charge in [0.25, 0.3) is 11.8 Å². The van der Waals surface area contributed by atoms with Crippen LogP contribution in [0.4, 0.5) is 4.79 Å². The first-order valence-corrected chi connectivity index (χ1v) is 8.36. The zero-order valence-corrected chi connectivity index (χ0v) is 14.4. The Balaban J connectivity index is 1.82. The van der Waals surface area contributed by atoms with E-state index in [-0.39, 0.29) is 6.61 Å². The number of rotatable bonds is 6. The highest BCUT2D eigenvalue weighted by Crippen LogP contribution is 2.32. The van der Waals surface area contributed by atoms with Gasteiger partial charge in [-0.25, -0.2) is 14.4 Å². The van der Waals surface area contributed by atoms with Gasteiger partial charge in [-0.05, 0) is 19.8 Å². The van der Waals surface area contributed by atoms with E-state index in [9.17, 15) is 24.0 Å². The average Bonchev–Trinajstić information content (AvgIpc) is 2.83. The van der Waals surface area contributed by atoms with Crippen molar-refractivity contribution < 1.29 is 33.4 Å². The van der Waals surface area contributed by atoms with Crippen molar-refractivity contribution in [2.75, 3.05) is 13.2 Å². The number of hydrogen-bond donors (Lipinski definition) is 2. The van der Waals surface area contributed by atoms with Crippen molar-refractivity contribution in [2.45, 2.75) is 44.6 Å². The number of hydrogen-bond acceptors (Lipinski definition) is 7. The first-order chi connectivity index (χ1) is 12.4. The van der Waals surface area contributed by atoms with E-state index in [2.05, 4.69) is 20.2 Å². The summed E-state index contributed by atoms with van der Waals surface area (Å²) in [5, 5.41) is 3.26. The van der Waals surface area contributed by atoms with Gasteiger partial charge in [0, 0.05) is 12.2 Å². The Kier molecular flexibility index (Phi) is 6.31. The zero-order chi connectivity index (χ0) is 19.2. The fourth-order valence-electron chi connectivity index (χ4n) is 2.88. The van der Waals surface area contributed by atoms with E-state index in [4.69, 9.17) is 0 Å². The maximum atomic E-state index is 12.5. The third kappa shape index (κ3) is 4.58. The van der Waals surface area contributed by atoms with Crippen molar-refractivity contribution in [3.8, 4) is 0 Å². The molecule has 10 nitrogen and oxygen atoms in total. The van der Waals surface area contributed by atoms with Crippen LogP contribution in [0.15, 0.2) is 12.2 Å². The van der Waals surface area contributed by atoms with Crippen LogP contribution in [-0.4, -0.2) is 53.5 Å². The number of nitrogens with one attached hydrogen (secondary N) is 2. The fourth-order valence-corrected chi connectivity index (χ4v) is 2.88. The Hall–Kier alpha value is -2.91. The monoisotopic (exact) mass is 367 g/mol. The predicted octanol–water partition coefficient (Wildman–Crippen LogP) is -0.0652. The number of carbonyl (C=O) groups excluding carboxylic acids is 5. The van der Waals surface area contributed by atoms with Gasteiger partial charge in [-0.15, -0.1) is 0 Å². The molecule has 1 saturated carbocycles. The maximum absolute atomic E-state index is 12.5. The van der Waals surface area contributed by atoms with Gasteiger partial charge in [-0.3, -0.25) is 15.0 Å². The summed E-state index contributed by atoms with van der Waals surface area (Å²) >= 11 is 0. The van der Waals surface area contributed by atoms with Gasteiger partial charge in [0.15, 0.2) is 6.61 Å². The number of ether oxygens (including phenoxy) is 2. The minimum atomic E-state index is -0.957. The predicted molar refractivity (Wildman–Crippen MR) is 86.1 cm³/mol. The first-order valence-electron chi connectivity index (χ1n) is 8.36. The van der Waals surface area contributed by atoms with Crippen LogP contribution < -0.4 is 10.7 Å². The molecule has 0 unspecified atom stereocenters. The molecule has 1 spiro atoms. The van der Waals surface area contributed by atoms with Crippen molar-refractivity contribution in [3.63, 3.8) is 0 Å². The van der Waals surface area contributed by atoms with Gasteiger partial charge < -0.3 is 14.8 Å². The molecule has 26 heavy (non-hydrogen) atoms. The molecule has 1 saturated heterocycles. The Morgan fingerprint density at radius 2 is 1.73 bits per heavy atom. The van der Waals surface area contributed by atoms with E-state index >= 15 is 0 Å². The topological polar surface area (TPSA) is 131 Å². The minimum Gasteiger partial charge on any atom is -0.463 e. The first kappa shape index (κ1) is 19.4. The van der Waals surface area contributed by atoms with Crippen LogP contribution in [0.5, 0.6) is 0 Å². The number of amides is 4. The van der Waals surface area contributed by atoms with Gasteiger partial charge >= 0.3 is 18.0 Å². The molecule has 0 aromatic rings. The molecule has 0 bridgehead atoms. The lowest BCUT2D eigenvalue weighted by Gasteiger charge is -2.30.